The fourth-order valence-corrected chi connectivity index (χ4v) is 1.73. The fraction of sp³-hybridized carbons (Fsp3) is 0.800. The first-order valence-electron chi connectivity index (χ1n) is 5.13. The largest absolute Gasteiger partial charge is 0.384 e. The fourth-order valence-electron chi connectivity index (χ4n) is 1.54. The average molecular weight is 232 g/mol. The zero-order chi connectivity index (χ0) is 11.4. The van der Waals surface area contributed by atoms with Gasteiger partial charge in [-0.2, -0.15) is 0 Å². The van der Waals surface area contributed by atoms with Gasteiger partial charge in [-0.1, -0.05) is 20.8 Å². The molecule has 1 aromatic heterocycles. The van der Waals surface area contributed by atoms with Gasteiger partial charge in [0.1, 0.15) is 5.82 Å². The van der Waals surface area contributed by atoms with Crippen LogP contribution in [0.3, 0.4) is 0 Å². The molecule has 1 rings (SSSR count). The first kappa shape index (κ1) is 12.5. The summed E-state index contributed by atoms with van der Waals surface area (Å²) in [4.78, 5) is 0. The molecular weight excluding hydrogens is 214 g/mol. The molecule has 0 saturated carbocycles. The van der Waals surface area contributed by atoms with Gasteiger partial charge >= 0.3 is 0 Å². The van der Waals surface area contributed by atoms with Crippen LogP contribution >= 0.6 is 11.6 Å². The molecule has 0 fully saturated rings. The summed E-state index contributed by atoms with van der Waals surface area (Å²) in [6, 6.07) is 0. The lowest BCUT2D eigenvalue weighted by Crippen LogP contribution is -2.15. The molecule has 1 unspecified atom stereocenters. The molecule has 0 saturated heterocycles. The van der Waals surface area contributed by atoms with Crippen LogP contribution < -0.4 is 0 Å². The summed E-state index contributed by atoms with van der Waals surface area (Å²) in [7, 11) is 1.70. The van der Waals surface area contributed by atoms with E-state index >= 15 is 0 Å². The van der Waals surface area contributed by atoms with Crippen molar-refractivity contribution < 1.29 is 4.74 Å². The molecule has 4 nitrogen and oxygen atoms in total. The quantitative estimate of drug-likeness (QED) is 0.781. The lowest BCUT2D eigenvalue weighted by Gasteiger charge is -2.14. The minimum absolute atomic E-state index is 0.333. The van der Waals surface area contributed by atoms with Crippen molar-refractivity contribution in [2.45, 2.75) is 33.2 Å². The maximum atomic E-state index is 5.98. The molecule has 0 aliphatic carbocycles. The number of rotatable bonds is 5. The van der Waals surface area contributed by atoms with E-state index in [1.807, 2.05) is 4.57 Å². The van der Waals surface area contributed by atoms with Crippen LogP contribution in [0.2, 0.25) is 5.28 Å². The maximum absolute atomic E-state index is 5.98. The molecule has 1 atom stereocenters. The second-order valence-corrected chi connectivity index (χ2v) is 4.49. The van der Waals surface area contributed by atoms with E-state index in [4.69, 9.17) is 16.3 Å². The molecule has 0 aliphatic heterocycles. The Balaban J connectivity index is 2.78. The van der Waals surface area contributed by atoms with Crippen molar-refractivity contribution >= 4 is 11.6 Å². The van der Waals surface area contributed by atoms with Crippen LogP contribution in [0, 0.1) is 5.92 Å². The summed E-state index contributed by atoms with van der Waals surface area (Å²) in [5, 5.41) is 8.42. The number of halogens is 1. The summed E-state index contributed by atoms with van der Waals surface area (Å²) in [5.74, 6) is 1.67. The highest BCUT2D eigenvalue weighted by atomic mass is 35.5. The molecule has 1 aromatic rings. The predicted octanol–water partition coefficient (Wildman–Crippen LogP) is 2.34. The smallest absolute Gasteiger partial charge is 0.225 e. The molecule has 0 radical (unpaired) electrons. The van der Waals surface area contributed by atoms with Crippen LogP contribution in [0.4, 0.5) is 0 Å². The van der Waals surface area contributed by atoms with Crippen LogP contribution in [0.15, 0.2) is 0 Å². The first-order valence-corrected chi connectivity index (χ1v) is 5.51. The van der Waals surface area contributed by atoms with Crippen LogP contribution in [0.25, 0.3) is 0 Å². The van der Waals surface area contributed by atoms with Gasteiger partial charge in [-0.05, 0) is 17.5 Å². The molecule has 86 valence electrons. The number of methoxy groups -OCH3 is 1. The van der Waals surface area contributed by atoms with Crippen molar-refractivity contribution in [2.24, 2.45) is 5.92 Å². The van der Waals surface area contributed by atoms with E-state index in [-0.39, 0.29) is 0 Å². The Hall–Kier alpha value is -0.610. The van der Waals surface area contributed by atoms with Gasteiger partial charge in [0.25, 0.3) is 0 Å². The van der Waals surface area contributed by atoms with Crippen molar-refractivity contribution in [1.29, 1.82) is 0 Å². The highest BCUT2D eigenvalue weighted by Gasteiger charge is 2.15. The zero-order valence-corrected chi connectivity index (χ0v) is 10.5. The average Bonchev–Trinajstić information content (AvgIpc) is 2.48. The second kappa shape index (κ2) is 5.47. The summed E-state index contributed by atoms with van der Waals surface area (Å²) in [6.07, 6.45) is 0. The highest BCUT2D eigenvalue weighted by Crippen LogP contribution is 2.18. The Morgan fingerprint density at radius 1 is 1.33 bits per heavy atom. The summed E-state index contributed by atoms with van der Waals surface area (Å²) >= 11 is 5.98. The third-order valence-corrected chi connectivity index (χ3v) is 2.48. The maximum Gasteiger partial charge on any atom is 0.225 e. The molecule has 0 N–H and O–H groups in total. The van der Waals surface area contributed by atoms with Gasteiger partial charge < -0.3 is 9.30 Å². The minimum atomic E-state index is 0.333. The molecule has 0 amide bonds. The van der Waals surface area contributed by atoms with Crippen LogP contribution in [0.1, 0.15) is 32.5 Å². The Morgan fingerprint density at radius 3 is 2.53 bits per heavy atom. The van der Waals surface area contributed by atoms with Gasteiger partial charge in [-0.3, -0.25) is 0 Å². The third kappa shape index (κ3) is 3.18. The molecule has 15 heavy (non-hydrogen) atoms. The number of hydrogen-bond donors (Lipinski definition) is 0. The zero-order valence-electron chi connectivity index (χ0n) is 9.70. The van der Waals surface area contributed by atoms with Crippen molar-refractivity contribution in [1.82, 2.24) is 14.8 Å². The van der Waals surface area contributed by atoms with Crippen LogP contribution in [-0.2, 0) is 11.3 Å². The van der Waals surface area contributed by atoms with Gasteiger partial charge in [0.05, 0.1) is 6.61 Å². The van der Waals surface area contributed by atoms with E-state index < -0.39 is 0 Å². The Bertz CT molecular complexity index is 312. The standard InChI is InChI=1S/C10H18ClN3O/c1-7(2)9-12-13-10(11)14(9)5-8(3)6-15-4/h7-8H,5-6H2,1-4H3. The van der Waals surface area contributed by atoms with E-state index in [2.05, 4.69) is 31.0 Å². The molecular formula is C10H18ClN3O. The van der Waals surface area contributed by atoms with Crippen molar-refractivity contribution in [3.63, 3.8) is 0 Å². The molecule has 0 aromatic carbocycles. The number of hydrogen-bond acceptors (Lipinski definition) is 3. The van der Waals surface area contributed by atoms with Crippen molar-refractivity contribution in [3.05, 3.63) is 11.1 Å². The summed E-state index contributed by atoms with van der Waals surface area (Å²) < 4.78 is 7.05. The van der Waals surface area contributed by atoms with Gasteiger partial charge in [0, 0.05) is 19.6 Å². The summed E-state index contributed by atoms with van der Waals surface area (Å²) in [6.45, 7) is 7.79. The monoisotopic (exact) mass is 231 g/mol. The van der Waals surface area contributed by atoms with E-state index in [1.54, 1.807) is 7.11 Å². The Kier molecular flexibility index (Phi) is 4.54. The van der Waals surface area contributed by atoms with Gasteiger partial charge in [-0.25, -0.2) is 0 Å². The first-order chi connectivity index (χ1) is 7.06. The normalized spacial score (nSPS) is 13.5. The molecule has 5 heteroatoms. The van der Waals surface area contributed by atoms with E-state index in [1.165, 1.54) is 0 Å². The second-order valence-electron chi connectivity index (χ2n) is 4.15. The van der Waals surface area contributed by atoms with Crippen molar-refractivity contribution in [3.8, 4) is 0 Å². The van der Waals surface area contributed by atoms with E-state index in [0.29, 0.717) is 23.7 Å². The third-order valence-electron chi connectivity index (χ3n) is 2.20. The Labute approximate surface area is 95.6 Å². The number of ether oxygens (including phenoxy) is 1. The van der Waals surface area contributed by atoms with Gasteiger partial charge in [-0.15, -0.1) is 10.2 Å². The molecule has 0 spiro atoms. The topological polar surface area (TPSA) is 39.9 Å². The number of nitrogens with zero attached hydrogens (tertiary/aromatic N) is 3. The van der Waals surface area contributed by atoms with E-state index in [0.717, 1.165) is 12.4 Å². The highest BCUT2D eigenvalue weighted by molar-refractivity contribution is 6.28. The lowest BCUT2D eigenvalue weighted by atomic mass is 10.1. The van der Waals surface area contributed by atoms with Crippen LogP contribution in [0.5, 0.6) is 0 Å². The Morgan fingerprint density at radius 2 is 2.00 bits per heavy atom. The SMILES string of the molecule is COCC(C)Cn1c(Cl)nnc1C(C)C. The van der Waals surface area contributed by atoms with Gasteiger partial charge in [0.2, 0.25) is 5.28 Å². The minimum Gasteiger partial charge on any atom is -0.384 e. The van der Waals surface area contributed by atoms with E-state index in [9.17, 15) is 0 Å². The lowest BCUT2D eigenvalue weighted by molar-refractivity contribution is 0.151. The predicted molar refractivity (Wildman–Crippen MR) is 60.2 cm³/mol. The summed E-state index contributed by atoms with van der Waals surface area (Å²) in [5.41, 5.74) is 0. The van der Waals surface area contributed by atoms with Crippen molar-refractivity contribution in [2.75, 3.05) is 13.7 Å². The molecule has 1 heterocycles. The molecule has 0 bridgehead atoms. The van der Waals surface area contributed by atoms with Gasteiger partial charge in [0.15, 0.2) is 0 Å². The number of aromatic nitrogens is 3. The molecule has 0 aliphatic rings. The van der Waals surface area contributed by atoms with Crippen LogP contribution in [-0.4, -0.2) is 28.5 Å².